The first-order chi connectivity index (χ1) is 8.50. The van der Waals surface area contributed by atoms with E-state index in [9.17, 15) is 4.79 Å². The summed E-state index contributed by atoms with van der Waals surface area (Å²) in [6.07, 6.45) is 0. The first-order valence-corrected chi connectivity index (χ1v) is 7.29. The highest BCUT2D eigenvalue weighted by Gasteiger charge is 2.44. The third kappa shape index (κ3) is 2.87. The van der Waals surface area contributed by atoms with E-state index in [-0.39, 0.29) is 16.7 Å². The lowest BCUT2D eigenvalue weighted by Gasteiger charge is -2.21. The van der Waals surface area contributed by atoms with Gasteiger partial charge in [-0.05, 0) is 31.9 Å². The highest BCUT2D eigenvalue weighted by atomic mass is 32.2. The van der Waals surface area contributed by atoms with Crippen LogP contribution in [-0.2, 0) is 11.3 Å². The number of quaternary nitrogens is 1. The van der Waals surface area contributed by atoms with Crippen molar-refractivity contribution in [3.05, 3.63) is 35.4 Å². The van der Waals surface area contributed by atoms with E-state index in [1.165, 1.54) is 11.1 Å². The van der Waals surface area contributed by atoms with Gasteiger partial charge in [0.05, 0.1) is 4.75 Å². The Kier molecular flexibility index (Phi) is 3.97. The zero-order valence-corrected chi connectivity index (χ0v) is 12.0. The Morgan fingerprint density at radius 3 is 2.83 bits per heavy atom. The van der Waals surface area contributed by atoms with E-state index in [1.54, 1.807) is 0 Å². The molecule has 1 atom stereocenters. The zero-order valence-electron chi connectivity index (χ0n) is 11.2. The highest BCUT2D eigenvalue weighted by molar-refractivity contribution is 8.00. The number of hydrogen-bond donors (Lipinski definition) is 2. The monoisotopic (exact) mass is 265 g/mol. The van der Waals surface area contributed by atoms with Crippen molar-refractivity contribution in [2.45, 2.75) is 38.1 Å². The van der Waals surface area contributed by atoms with E-state index in [1.807, 2.05) is 23.9 Å². The van der Waals surface area contributed by atoms with Gasteiger partial charge in [0.25, 0.3) is 5.91 Å². The number of amides is 1. The van der Waals surface area contributed by atoms with Gasteiger partial charge in [0.2, 0.25) is 0 Å². The molecule has 1 aliphatic heterocycles. The first-order valence-electron chi connectivity index (χ1n) is 6.30. The lowest BCUT2D eigenvalue weighted by atomic mass is 10.0. The Balaban J connectivity index is 1.95. The molecule has 3 nitrogen and oxygen atoms in total. The summed E-state index contributed by atoms with van der Waals surface area (Å²) in [6.45, 7) is 6.97. The van der Waals surface area contributed by atoms with Gasteiger partial charge in [0.1, 0.15) is 5.88 Å². The van der Waals surface area contributed by atoms with Crippen LogP contribution in [0.2, 0.25) is 0 Å². The van der Waals surface area contributed by atoms with Gasteiger partial charge in [0, 0.05) is 6.54 Å². The van der Waals surface area contributed by atoms with Gasteiger partial charge in [-0.15, -0.1) is 0 Å². The van der Waals surface area contributed by atoms with E-state index in [2.05, 4.69) is 43.5 Å². The fourth-order valence-electron chi connectivity index (χ4n) is 2.26. The largest absolute Gasteiger partial charge is 0.347 e. The van der Waals surface area contributed by atoms with Crippen LogP contribution in [-0.4, -0.2) is 22.6 Å². The number of nitrogens with two attached hydrogens (primary N) is 1. The van der Waals surface area contributed by atoms with Crippen molar-refractivity contribution >= 4 is 17.7 Å². The Morgan fingerprint density at radius 2 is 2.22 bits per heavy atom. The summed E-state index contributed by atoms with van der Waals surface area (Å²) < 4.78 is 0.0236. The molecule has 98 valence electrons. The lowest BCUT2D eigenvalue weighted by Crippen LogP contribution is -2.91. The average Bonchev–Trinajstić information content (AvgIpc) is 2.67. The molecule has 4 heteroatoms. The van der Waals surface area contributed by atoms with Crippen molar-refractivity contribution in [1.82, 2.24) is 5.32 Å². The molecular weight excluding hydrogens is 244 g/mol. The molecule has 3 N–H and O–H groups in total. The molecule has 0 aromatic heterocycles. The van der Waals surface area contributed by atoms with Crippen molar-refractivity contribution in [1.29, 1.82) is 0 Å². The Hall–Kier alpha value is -1.000. The maximum Gasteiger partial charge on any atom is 0.280 e. The molecule has 1 saturated heterocycles. The maximum atomic E-state index is 12.2. The zero-order chi connectivity index (χ0) is 13.2. The number of carbonyl (C=O) groups is 1. The molecule has 1 aliphatic rings. The molecule has 0 bridgehead atoms. The van der Waals surface area contributed by atoms with Gasteiger partial charge in [-0.2, -0.15) is 0 Å². The molecule has 0 spiro atoms. The number of aryl methyl sites for hydroxylation is 1. The molecule has 1 heterocycles. The molecular formula is C14H21N2OS+. The number of nitrogens with one attached hydrogen (secondary N) is 1. The van der Waals surface area contributed by atoms with Gasteiger partial charge < -0.3 is 10.6 Å². The van der Waals surface area contributed by atoms with Crippen LogP contribution in [0.5, 0.6) is 0 Å². The molecule has 0 aliphatic carbocycles. The standard InChI is InChI=1S/C14H20N2OS/c1-10-6-4-5-7-11(10)8-15-13(17)12-14(2,3)18-9-16-12/h4-7,12,16H,8-9H2,1-3H3,(H,15,17)/p+1/t12-/m1/s1. The fourth-order valence-corrected chi connectivity index (χ4v) is 3.36. The van der Waals surface area contributed by atoms with Gasteiger partial charge in [-0.3, -0.25) is 4.79 Å². The van der Waals surface area contributed by atoms with Crippen molar-refractivity contribution in [3.63, 3.8) is 0 Å². The summed E-state index contributed by atoms with van der Waals surface area (Å²) in [5.41, 5.74) is 2.41. The average molecular weight is 265 g/mol. The topological polar surface area (TPSA) is 45.7 Å². The van der Waals surface area contributed by atoms with Crippen molar-refractivity contribution in [2.75, 3.05) is 5.88 Å². The quantitative estimate of drug-likeness (QED) is 0.857. The third-order valence-corrected chi connectivity index (χ3v) is 4.89. The van der Waals surface area contributed by atoms with Crippen LogP contribution in [0.25, 0.3) is 0 Å². The highest BCUT2D eigenvalue weighted by Crippen LogP contribution is 2.28. The van der Waals surface area contributed by atoms with Crippen molar-refractivity contribution in [3.8, 4) is 0 Å². The number of hydrogen-bond acceptors (Lipinski definition) is 2. The predicted octanol–water partition coefficient (Wildman–Crippen LogP) is 1.03. The second-order valence-electron chi connectivity index (χ2n) is 5.27. The minimum absolute atomic E-state index is 0.0199. The number of thioether (sulfide) groups is 1. The van der Waals surface area contributed by atoms with Gasteiger partial charge in [-0.25, -0.2) is 0 Å². The predicted molar refractivity (Wildman–Crippen MR) is 75.3 cm³/mol. The Labute approximate surface area is 113 Å². The molecule has 1 amide bonds. The van der Waals surface area contributed by atoms with Crippen molar-refractivity contribution in [2.24, 2.45) is 0 Å². The first kappa shape index (κ1) is 13.4. The van der Waals surface area contributed by atoms with Crippen LogP contribution in [0.4, 0.5) is 0 Å². The van der Waals surface area contributed by atoms with Crippen LogP contribution in [0.1, 0.15) is 25.0 Å². The van der Waals surface area contributed by atoms with E-state index in [0.717, 1.165) is 5.88 Å². The molecule has 2 rings (SSSR count). The van der Waals surface area contributed by atoms with Gasteiger partial charge in [-0.1, -0.05) is 36.0 Å². The smallest absolute Gasteiger partial charge is 0.280 e. The fraction of sp³-hybridized carbons (Fsp3) is 0.500. The number of benzene rings is 1. The van der Waals surface area contributed by atoms with Crippen molar-refractivity contribution < 1.29 is 10.1 Å². The lowest BCUT2D eigenvalue weighted by molar-refractivity contribution is -0.654. The Bertz CT molecular complexity index is 445. The van der Waals surface area contributed by atoms with Crippen LogP contribution >= 0.6 is 11.8 Å². The summed E-state index contributed by atoms with van der Waals surface area (Å²) in [5, 5.41) is 5.18. The second-order valence-corrected chi connectivity index (χ2v) is 6.95. The molecule has 0 unspecified atom stereocenters. The van der Waals surface area contributed by atoms with Crippen LogP contribution in [0.15, 0.2) is 24.3 Å². The van der Waals surface area contributed by atoms with Crippen LogP contribution < -0.4 is 10.6 Å². The summed E-state index contributed by atoms with van der Waals surface area (Å²) in [6, 6.07) is 8.18. The molecule has 1 aromatic rings. The van der Waals surface area contributed by atoms with Gasteiger partial charge in [0.15, 0.2) is 6.04 Å². The van der Waals surface area contributed by atoms with Crippen LogP contribution in [0.3, 0.4) is 0 Å². The van der Waals surface area contributed by atoms with Gasteiger partial charge >= 0.3 is 0 Å². The third-order valence-electron chi connectivity index (χ3n) is 3.53. The summed E-state index contributed by atoms with van der Waals surface area (Å²) >= 11 is 1.84. The summed E-state index contributed by atoms with van der Waals surface area (Å²) in [7, 11) is 0. The van der Waals surface area contributed by atoms with Crippen LogP contribution in [0, 0.1) is 6.92 Å². The molecule has 1 fully saturated rings. The number of carbonyl (C=O) groups excluding carboxylic acids is 1. The SMILES string of the molecule is Cc1ccccc1CNC(=O)[C@H]1[NH2+]CSC1(C)C. The summed E-state index contributed by atoms with van der Waals surface area (Å²) in [5.74, 6) is 1.11. The van der Waals surface area contributed by atoms with E-state index in [4.69, 9.17) is 0 Å². The molecule has 18 heavy (non-hydrogen) atoms. The minimum Gasteiger partial charge on any atom is -0.347 e. The molecule has 0 saturated carbocycles. The van der Waals surface area contributed by atoms with E-state index >= 15 is 0 Å². The Morgan fingerprint density at radius 1 is 1.50 bits per heavy atom. The second kappa shape index (κ2) is 5.33. The summed E-state index contributed by atoms with van der Waals surface area (Å²) in [4.78, 5) is 12.2. The number of rotatable bonds is 3. The van der Waals surface area contributed by atoms with E-state index in [0.29, 0.717) is 6.54 Å². The maximum absolute atomic E-state index is 12.2. The van der Waals surface area contributed by atoms with E-state index < -0.39 is 0 Å². The minimum atomic E-state index is 0.0199. The molecule has 0 radical (unpaired) electrons. The molecule has 1 aromatic carbocycles. The normalized spacial score (nSPS) is 21.8.